The molecule has 0 aromatic rings. The van der Waals surface area contributed by atoms with Gasteiger partial charge in [0.05, 0.1) is 12.1 Å². The van der Waals surface area contributed by atoms with Crippen molar-refractivity contribution in [3.63, 3.8) is 0 Å². The molecule has 2 N–H and O–H groups in total. The second-order valence-corrected chi connectivity index (χ2v) is 12.3. The van der Waals surface area contributed by atoms with Crippen LogP contribution < -0.4 is 0 Å². The van der Waals surface area contributed by atoms with Gasteiger partial charge in [-0.05, 0) is 56.8 Å². The molecule has 8 nitrogen and oxygen atoms in total. The first kappa shape index (κ1) is 36.7. The van der Waals surface area contributed by atoms with Gasteiger partial charge in [0.2, 0.25) is 0 Å². The lowest BCUT2D eigenvalue weighted by atomic mass is 9.87. The standard InChI is InChI=1S/C28H49N2O6PS/c1-3-4-5-6-7-8-9-10-11-12-13-14-15-16-17-20-27(31)35-25-26(34-2)28(21-18-23-29,22-19-24-30)36-37(32,33)38/h10-11,26H,3-9,12-22,25H2,1-2H3,(H2,32,33,38). The van der Waals surface area contributed by atoms with Gasteiger partial charge in [0.25, 0.3) is 0 Å². The smallest absolute Gasteiger partial charge is 0.322 e. The predicted molar refractivity (Wildman–Crippen MR) is 153 cm³/mol. The number of carbonyl (C=O) groups is 1. The molecule has 0 saturated carbocycles. The zero-order valence-corrected chi connectivity index (χ0v) is 25.2. The molecule has 0 aliphatic heterocycles. The molecule has 0 aliphatic rings. The van der Waals surface area contributed by atoms with E-state index >= 15 is 0 Å². The number of carbonyl (C=O) groups excluding carboxylic acids is 1. The maximum Gasteiger partial charge on any atom is 0.322 e. The minimum atomic E-state index is -4.14. The van der Waals surface area contributed by atoms with Gasteiger partial charge in [0.15, 0.2) is 0 Å². The molecular weight excluding hydrogens is 523 g/mol. The minimum Gasteiger partial charge on any atom is -0.463 e. The van der Waals surface area contributed by atoms with Gasteiger partial charge in [0.1, 0.15) is 18.3 Å². The second kappa shape index (κ2) is 23.6. The number of ether oxygens (including phenoxy) is 2. The van der Waals surface area contributed by atoms with Gasteiger partial charge in [0, 0.05) is 26.4 Å². The molecule has 38 heavy (non-hydrogen) atoms. The van der Waals surface area contributed by atoms with Crippen LogP contribution in [-0.2, 0) is 30.6 Å². The summed E-state index contributed by atoms with van der Waals surface area (Å²) in [6.45, 7) is -2.10. The summed E-state index contributed by atoms with van der Waals surface area (Å²) in [5, 5.41) is 18.1. The average molecular weight is 573 g/mol. The van der Waals surface area contributed by atoms with E-state index < -0.39 is 18.4 Å². The van der Waals surface area contributed by atoms with Gasteiger partial charge >= 0.3 is 12.7 Å². The molecule has 0 fully saturated rings. The Labute approximate surface area is 235 Å². The van der Waals surface area contributed by atoms with Crippen LogP contribution in [0.4, 0.5) is 0 Å². The molecule has 1 atom stereocenters. The van der Waals surface area contributed by atoms with Crippen molar-refractivity contribution in [2.24, 2.45) is 0 Å². The number of rotatable bonds is 25. The Morgan fingerprint density at radius 3 is 1.89 bits per heavy atom. The molecule has 0 aromatic heterocycles. The number of nitrogens with zero attached hydrogens (tertiary/aromatic N) is 2. The molecule has 0 bridgehead atoms. The van der Waals surface area contributed by atoms with Gasteiger partial charge in [-0.15, -0.1) is 0 Å². The summed E-state index contributed by atoms with van der Waals surface area (Å²) >= 11 is 4.65. The van der Waals surface area contributed by atoms with Crippen LogP contribution in [0.1, 0.15) is 122 Å². The van der Waals surface area contributed by atoms with Crippen molar-refractivity contribution >= 4 is 24.5 Å². The Morgan fingerprint density at radius 1 is 0.921 bits per heavy atom. The summed E-state index contributed by atoms with van der Waals surface area (Å²) in [7, 11) is 1.37. The van der Waals surface area contributed by atoms with Crippen LogP contribution in [0.5, 0.6) is 0 Å². The second-order valence-electron chi connectivity index (χ2n) is 9.70. The number of methoxy groups -OCH3 is 1. The summed E-state index contributed by atoms with van der Waals surface area (Å²) in [5.74, 6) is -0.383. The van der Waals surface area contributed by atoms with Crippen molar-refractivity contribution < 1.29 is 28.6 Å². The van der Waals surface area contributed by atoms with Crippen LogP contribution in [-0.4, -0.2) is 41.2 Å². The van der Waals surface area contributed by atoms with E-state index in [0.717, 1.165) is 38.5 Å². The SMILES string of the molecule is CCCCCCCCC=CCCCCCCCC(=O)OCC(OC)C(CCC#N)(CCC#N)OP(O)(O)=S. The van der Waals surface area contributed by atoms with Crippen LogP contribution in [0, 0.1) is 22.7 Å². The first-order valence-corrected chi connectivity index (χ1v) is 16.7. The quantitative estimate of drug-likeness (QED) is 0.0506. The van der Waals surface area contributed by atoms with Crippen molar-refractivity contribution in [2.45, 2.75) is 134 Å². The van der Waals surface area contributed by atoms with E-state index in [1.54, 1.807) is 0 Å². The molecule has 0 saturated heterocycles. The van der Waals surface area contributed by atoms with Crippen molar-refractivity contribution in [3.05, 3.63) is 12.2 Å². The summed E-state index contributed by atoms with van der Waals surface area (Å²) in [6.07, 6.45) is 19.4. The molecule has 10 heteroatoms. The number of allylic oxidation sites excluding steroid dienone is 2. The lowest BCUT2D eigenvalue weighted by molar-refractivity contribution is -0.157. The highest BCUT2D eigenvalue weighted by Gasteiger charge is 2.44. The van der Waals surface area contributed by atoms with Crippen molar-refractivity contribution in [2.75, 3.05) is 13.7 Å². The predicted octanol–water partition coefficient (Wildman–Crippen LogP) is 7.15. The van der Waals surface area contributed by atoms with Gasteiger partial charge < -0.3 is 19.3 Å². The number of unbranched alkanes of at least 4 members (excludes halogenated alkanes) is 11. The van der Waals surface area contributed by atoms with Crippen LogP contribution in [0.3, 0.4) is 0 Å². The van der Waals surface area contributed by atoms with Crippen LogP contribution in [0.25, 0.3) is 0 Å². The van der Waals surface area contributed by atoms with E-state index in [-0.39, 0.29) is 44.7 Å². The summed E-state index contributed by atoms with van der Waals surface area (Å²) < 4.78 is 16.3. The van der Waals surface area contributed by atoms with Gasteiger partial charge in [-0.3, -0.25) is 9.32 Å². The zero-order valence-electron chi connectivity index (χ0n) is 23.4. The van der Waals surface area contributed by atoms with Crippen molar-refractivity contribution in [3.8, 4) is 12.1 Å². The Balaban J connectivity index is 4.30. The van der Waals surface area contributed by atoms with E-state index in [2.05, 4.69) is 30.9 Å². The van der Waals surface area contributed by atoms with Crippen LogP contribution in [0.15, 0.2) is 12.2 Å². The molecule has 1 unspecified atom stereocenters. The number of hydrogen-bond donors (Lipinski definition) is 2. The van der Waals surface area contributed by atoms with Crippen LogP contribution in [0.2, 0.25) is 0 Å². The Kier molecular flexibility index (Phi) is 22.7. The number of esters is 1. The number of hydrogen-bond acceptors (Lipinski definition) is 7. The molecule has 0 spiro atoms. The maximum absolute atomic E-state index is 12.3. The highest BCUT2D eigenvalue weighted by Crippen LogP contribution is 2.47. The topological polar surface area (TPSA) is 133 Å². The minimum absolute atomic E-state index is 0.0173. The lowest BCUT2D eigenvalue weighted by Gasteiger charge is -2.39. The molecule has 0 rings (SSSR count). The van der Waals surface area contributed by atoms with E-state index in [0.29, 0.717) is 0 Å². The van der Waals surface area contributed by atoms with Crippen LogP contribution >= 0.6 is 6.72 Å². The summed E-state index contributed by atoms with van der Waals surface area (Å²) in [6, 6.07) is 3.97. The number of nitriles is 2. The molecule has 0 heterocycles. The highest BCUT2D eigenvalue weighted by molar-refractivity contribution is 8.06. The summed E-state index contributed by atoms with van der Waals surface area (Å²) in [5.41, 5.74) is -1.43. The first-order chi connectivity index (χ1) is 18.2. The Morgan fingerprint density at radius 2 is 1.42 bits per heavy atom. The van der Waals surface area contributed by atoms with Gasteiger partial charge in [-0.1, -0.05) is 70.4 Å². The fourth-order valence-electron chi connectivity index (χ4n) is 4.38. The summed E-state index contributed by atoms with van der Waals surface area (Å²) in [4.78, 5) is 31.9. The fourth-order valence-corrected chi connectivity index (χ4v) is 5.60. The third-order valence-corrected chi connectivity index (χ3v) is 7.36. The van der Waals surface area contributed by atoms with E-state index in [9.17, 15) is 14.6 Å². The lowest BCUT2D eigenvalue weighted by Crippen LogP contribution is -2.48. The molecule has 218 valence electrons. The average Bonchev–Trinajstić information content (AvgIpc) is 2.87. The zero-order chi connectivity index (χ0) is 28.5. The molecular formula is C28H49N2O6PS. The normalized spacial score (nSPS) is 12.8. The van der Waals surface area contributed by atoms with Crippen molar-refractivity contribution in [1.29, 1.82) is 10.5 Å². The first-order valence-electron chi connectivity index (χ1n) is 14.1. The molecule has 0 aliphatic carbocycles. The largest absolute Gasteiger partial charge is 0.463 e. The van der Waals surface area contributed by atoms with Crippen molar-refractivity contribution in [1.82, 2.24) is 0 Å². The maximum atomic E-state index is 12.3. The van der Waals surface area contributed by atoms with Gasteiger partial charge in [-0.2, -0.15) is 10.5 Å². The van der Waals surface area contributed by atoms with E-state index in [4.69, 9.17) is 24.5 Å². The highest BCUT2D eigenvalue weighted by atomic mass is 32.5. The third-order valence-electron chi connectivity index (χ3n) is 6.53. The van der Waals surface area contributed by atoms with E-state index in [1.165, 1.54) is 52.1 Å². The Hall–Kier alpha value is -1.32. The molecule has 0 amide bonds. The van der Waals surface area contributed by atoms with E-state index in [1.807, 2.05) is 12.1 Å². The fraction of sp³-hybridized carbons (Fsp3) is 0.821. The van der Waals surface area contributed by atoms with Gasteiger partial charge in [-0.25, -0.2) is 0 Å². The molecule has 0 radical (unpaired) electrons. The third kappa shape index (κ3) is 19.7. The Bertz CT molecular complexity index is 756. The molecule has 0 aromatic carbocycles. The monoisotopic (exact) mass is 572 g/mol.